The molecular weight excluding hydrogens is 214 g/mol. The van der Waals surface area contributed by atoms with Gasteiger partial charge in [-0.15, -0.1) is 0 Å². The molecule has 0 aromatic heterocycles. The summed E-state index contributed by atoms with van der Waals surface area (Å²) >= 11 is 0. The molecule has 1 aromatic carbocycles. The number of nitrogens with zero attached hydrogens (tertiary/aromatic N) is 1. The Bertz CT molecular complexity index is 343. The van der Waals surface area contributed by atoms with E-state index in [0.717, 1.165) is 37.4 Å². The van der Waals surface area contributed by atoms with Gasteiger partial charge in [0.25, 0.3) is 5.79 Å². The minimum atomic E-state index is -0.379. The predicted molar refractivity (Wildman–Crippen MR) is 68.5 cm³/mol. The van der Waals surface area contributed by atoms with Crippen LogP contribution in [0.3, 0.4) is 0 Å². The van der Waals surface area contributed by atoms with E-state index in [2.05, 4.69) is 11.9 Å². The summed E-state index contributed by atoms with van der Waals surface area (Å²) < 4.78 is 11.9. The minimum absolute atomic E-state index is 0.379. The van der Waals surface area contributed by atoms with Gasteiger partial charge < -0.3 is 14.4 Å². The zero-order valence-electron chi connectivity index (χ0n) is 10.9. The molecular formula is C14H21NO2. The molecule has 94 valence electrons. The Balaban J connectivity index is 0.000000514. The maximum absolute atomic E-state index is 5.93. The zero-order valence-corrected chi connectivity index (χ0v) is 10.9. The van der Waals surface area contributed by atoms with Gasteiger partial charge in [0.2, 0.25) is 0 Å². The summed E-state index contributed by atoms with van der Waals surface area (Å²) in [5, 5.41) is 0. The van der Waals surface area contributed by atoms with Crippen molar-refractivity contribution in [3.05, 3.63) is 24.3 Å². The molecule has 3 heteroatoms. The summed E-state index contributed by atoms with van der Waals surface area (Å²) in [7, 11) is 2.13. The molecule has 1 spiro atoms. The van der Waals surface area contributed by atoms with E-state index in [-0.39, 0.29) is 5.79 Å². The van der Waals surface area contributed by atoms with Gasteiger partial charge in [0.1, 0.15) is 0 Å². The summed E-state index contributed by atoms with van der Waals surface area (Å²) in [5.74, 6) is 1.40. The van der Waals surface area contributed by atoms with Crippen molar-refractivity contribution in [3.8, 4) is 11.5 Å². The van der Waals surface area contributed by atoms with E-state index in [1.807, 2.05) is 38.1 Å². The normalized spacial score (nSPS) is 20.9. The third-order valence-corrected chi connectivity index (χ3v) is 3.19. The first-order valence-electron chi connectivity index (χ1n) is 6.43. The Hall–Kier alpha value is -1.22. The fraction of sp³-hybridized carbons (Fsp3) is 0.571. The van der Waals surface area contributed by atoms with Crippen LogP contribution in [0.25, 0.3) is 0 Å². The number of hydrogen-bond acceptors (Lipinski definition) is 3. The molecule has 0 radical (unpaired) electrons. The van der Waals surface area contributed by atoms with Crippen LogP contribution in [0.4, 0.5) is 0 Å². The predicted octanol–water partition coefficient (Wildman–Crippen LogP) is 2.91. The Morgan fingerprint density at radius 3 is 1.94 bits per heavy atom. The molecule has 2 heterocycles. The van der Waals surface area contributed by atoms with Crippen LogP contribution in [-0.4, -0.2) is 30.8 Å². The second-order valence-electron chi connectivity index (χ2n) is 4.36. The number of para-hydroxylation sites is 2. The Morgan fingerprint density at radius 1 is 1.00 bits per heavy atom. The molecule has 0 atom stereocenters. The summed E-state index contributed by atoms with van der Waals surface area (Å²) in [5.41, 5.74) is 0. The van der Waals surface area contributed by atoms with Crippen LogP contribution in [0.2, 0.25) is 0 Å². The lowest BCUT2D eigenvalue weighted by molar-refractivity contribution is -0.116. The molecule has 17 heavy (non-hydrogen) atoms. The topological polar surface area (TPSA) is 21.7 Å². The van der Waals surface area contributed by atoms with Gasteiger partial charge in [0.15, 0.2) is 11.5 Å². The van der Waals surface area contributed by atoms with Gasteiger partial charge in [0.05, 0.1) is 0 Å². The summed E-state index contributed by atoms with van der Waals surface area (Å²) in [6, 6.07) is 7.91. The van der Waals surface area contributed by atoms with Gasteiger partial charge in [-0.3, -0.25) is 0 Å². The van der Waals surface area contributed by atoms with Crippen LogP contribution in [-0.2, 0) is 0 Å². The van der Waals surface area contributed by atoms with Crippen molar-refractivity contribution in [1.82, 2.24) is 4.90 Å². The van der Waals surface area contributed by atoms with Gasteiger partial charge in [-0.25, -0.2) is 0 Å². The van der Waals surface area contributed by atoms with Gasteiger partial charge in [-0.05, 0) is 19.2 Å². The monoisotopic (exact) mass is 235 g/mol. The van der Waals surface area contributed by atoms with Crippen molar-refractivity contribution in [3.63, 3.8) is 0 Å². The van der Waals surface area contributed by atoms with Crippen molar-refractivity contribution >= 4 is 0 Å². The molecule has 1 aromatic rings. The van der Waals surface area contributed by atoms with Crippen LogP contribution in [0.15, 0.2) is 24.3 Å². The fourth-order valence-corrected chi connectivity index (χ4v) is 2.20. The van der Waals surface area contributed by atoms with Crippen LogP contribution < -0.4 is 9.47 Å². The maximum atomic E-state index is 5.93. The third kappa shape index (κ3) is 2.39. The van der Waals surface area contributed by atoms with Gasteiger partial charge in [-0.2, -0.15) is 0 Å². The first kappa shape index (κ1) is 12.2. The van der Waals surface area contributed by atoms with Crippen LogP contribution >= 0.6 is 0 Å². The maximum Gasteiger partial charge on any atom is 0.254 e. The van der Waals surface area contributed by atoms with E-state index in [4.69, 9.17) is 9.47 Å². The number of piperidine rings is 1. The number of fused-ring (bicyclic) bond motifs is 1. The molecule has 0 bridgehead atoms. The van der Waals surface area contributed by atoms with E-state index in [0.29, 0.717) is 0 Å². The average Bonchev–Trinajstić information content (AvgIpc) is 2.74. The molecule has 2 aliphatic heterocycles. The van der Waals surface area contributed by atoms with Crippen LogP contribution in [0.1, 0.15) is 26.7 Å². The first-order valence-corrected chi connectivity index (χ1v) is 6.43. The van der Waals surface area contributed by atoms with Gasteiger partial charge >= 0.3 is 0 Å². The van der Waals surface area contributed by atoms with E-state index in [1.165, 1.54) is 0 Å². The van der Waals surface area contributed by atoms with Gasteiger partial charge in [-0.1, -0.05) is 26.0 Å². The Labute approximate surface area is 103 Å². The highest BCUT2D eigenvalue weighted by molar-refractivity contribution is 5.42. The highest BCUT2D eigenvalue weighted by atomic mass is 16.7. The zero-order chi connectivity index (χ0) is 12.3. The van der Waals surface area contributed by atoms with Crippen molar-refractivity contribution in [2.75, 3.05) is 20.1 Å². The van der Waals surface area contributed by atoms with E-state index in [1.54, 1.807) is 0 Å². The molecule has 3 rings (SSSR count). The lowest BCUT2D eigenvalue weighted by Gasteiger charge is -2.35. The quantitative estimate of drug-likeness (QED) is 0.690. The van der Waals surface area contributed by atoms with Crippen LogP contribution in [0, 0.1) is 0 Å². The lowest BCUT2D eigenvalue weighted by Crippen LogP contribution is -2.48. The highest BCUT2D eigenvalue weighted by Gasteiger charge is 2.43. The molecule has 0 amide bonds. The molecule has 0 aliphatic carbocycles. The molecule has 1 saturated heterocycles. The van der Waals surface area contributed by atoms with Crippen molar-refractivity contribution < 1.29 is 9.47 Å². The second kappa shape index (κ2) is 4.96. The van der Waals surface area contributed by atoms with E-state index >= 15 is 0 Å². The average molecular weight is 235 g/mol. The Kier molecular flexibility index (Phi) is 3.57. The van der Waals surface area contributed by atoms with Crippen LogP contribution in [0.5, 0.6) is 11.5 Å². The van der Waals surface area contributed by atoms with Crippen molar-refractivity contribution in [1.29, 1.82) is 0 Å². The van der Waals surface area contributed by atoms with Crippen molar-refractivity contribution in [2.24, 2.45) is 0 Å². The van der Waals surface area contributed by atoms with E-state index < -0.39 is 0 Å². The number of ether oxygens (including phenoxy) is 2. The molecule has 1 fully saturated rings. The fourth-order valence-electron chi connectivity index (χ4n) is 2.20. The van der Waals surface area contributed by atoms with E-state index in [9.17, 15) is 0 Å². The number of benzene rings is 1. The molecule has 0 N–H and O–H groups in total. The minimum Gasteiger partial charge on any atom is -0.448 e. The number of hydrogen-bond donors (Lipinski definition) is 0. The number of rotatable bonds is 0. The highest BCUT2D eigenvalue weighted by Crippen LogP contribution is 2.43. The van der Waals surface area contributed by atoms with Crippen molar-refractivity contribution in [2.45, 2.75) is 32.5 Å². The second-order valence-corrected chi connectivity index (χ2v) is 4.36. The molecule has 3 nitrogen and oxygen atoms in total. The smallest absolute Gasteiger partial charge is 0.254 e. The summed E-state index contributed by atoms with van der Waals surface area (Å²) in [6.07, 6.45) is 1.89. The summed E-state index contributed by atoms with van der Waals surface area (Å²) in [6.45, 7) is 6.07. The first-order chi connectivity index (χ1) is 8.27. The number of likely N-dealkylation sites (tertiary alicyclic amines) is 1. The largest absolute Gasteiger partial charge is 0.448 e. The molecule has 2 aliphatic rings. The standard InChI is InChI=1S/C12H15NO2.C2H6/c1-13-8-6-12(7-9-13)14-10-4-2-3-5-11(10)15-12;1-2/h2-5H,6-9H2,1H3;1-2H3. The van der Waals surface area contributed by atoms with Gasteiger partial charge in [0, 0.05) is 25.9 Å². The lowest BCUT2D eigenvalue weighted by atomic mass is 10.0. The summed E-state index contributed by atoms with van der Waals surface area (Å²) in [4.78, 5) is 2.31. The third-order valence-electron chi connectivity index (χ3n) is 3.19. The SMILES string of the molecule is CC.CN1CCC2(CC1)Oc1ccccc1O2. The Morgan fingerprint density at radius 2 is 1.47 bits per heavy atom. The molecule has 0 saturated carbocycles. The molecule has 0 unspecified atom stereocenters.